The van der Waals surface area contributed by atoms with Gasteiger partial charge in [-0.3, -0.25) is 4.79 Å². The zero-order valence-corrected chi connectivity index (χ0v) is 15.0. The lowest BCUT2D eigenvalue weighted by Gasteiger charge is -2.09. The van der Waals surface area contributed by atoms with E-state index in [1.807, 2.05) is 6.07 Å². The highest BCUT2D eigenvalue weighted by atomic mass is 35.5. The van der Waals surface area contributed by atoms with Gasteiger partial charge >= 0.3 is 5.97 Å². The van der Waals surface area contributed by atoms with Crippen molar-refractivity contribution in [3.63, 3.8) is 0 Å². The number of carbonyl (C=O) groups is 1. The predicted molar refractivity (Wildman–Crippen MR) is 100 cm³/mol. The summed E-state index contributed by atoms with van der Waals surface area (Å²) in [5.41, 5.74) is 1.25. The van der Waals surface area contributed by atoms with Crippen LogP contribution in [0.3, 0.4) is 0 Å². The number of fused-ring (bicyclic) bond motifs is 1. The normalized spacial score (nSPS) is 11.0. The number of nitrogens with one attached hydrogen (secondary N) is 1. The maximum absolute atomic E-state index is 12.6. The van der Waals surface area contributed by atoms with Gasteiger partial charge in [0, 0.05) is 6.20 Å². The van der Waals surface area contributed by atoms with E-state index in [1.165, 1.54) is 6.20 Å². The highest BCUT2D eigenvalue weighted by Crippen LogP contribution is 2.26. The van der Waals surface area contributed by atoms with E-state index in [4.69, 9.17) is 39.9 Å². The molecule has 0 aliphatic heterocycles. The lowest BCUT2D eigenvalue weighted by Crippen LogP contribution is -2.17. The summed E-state index contributed by atoms with van der Waals surface area (Å²) in [7, 11) is 0. The van der Waals surface area contributed by atoms with Crippen LogP contribution in [0.15, 0.2) is 41.3 Å². The summed E-state index contributed by atoms with van der Waals surface area (Å²) in [6.45, 7) is 0. The molecule has 2 aromatic carbocycles. The van der Waals surface area contributed by atoms with Gasteiger partial charge in [0.25, 0.3) is 0 Å². The number of halogens is 3. The summed E-state index contributed by atoms with van der Waals surface area (Å²) in [6, 6.07) is 8.77. The molecule has 25 heavy (non-hydrogen) atoms. The molecule has 0 bridgehead atoms. The van der Waals surface area contributed by atoms with Crippen LogP contribution in [0, 0.1) is 0 Å². The molecule has 2 N–H and O–H groups in total. The van der Waals surface area contributed by atoms with Gasteiger partial charge in [0.1, 0.15) is 5.56 Å². The number of H-pyrrole nitrogens is 1. The van der Waals surface area contributed by atoms with Crippen molar-refractivity contribution in [2.24, 2.45) is 0 Å². The van der Waals surface area contributed by atoms with Crippen molar-refractivity contribution in [3.8, 4) is 0 Å². The molecule has 128 valence electrons. The summed E-state index contributed by atoms with van der Waals surface area (Å²) in [5, 5.41) is 10.8. The summed E-state index contributed by atoms with van der Waals surface area (Å²) in [4.78, 5) is 26.6. The number of hydrogen-bond acceptors (Lipinski definition) is 2. The molecule has 0 aliphatic rings. The van der Waals surface area contributed by atoms with Crippen molar-refractivity contribution < 1.29 is 9.90 Å². The number of aromatic nitrogens is 1. The van der Waals surface area contributed by atoms with Gasteiger partial charge < -0.3 is 10.1 Å². The maximum atomic E-state index is 12.6. The quantitative estimate of drug-likeness (QED) is 0.654. The number of hydrogen-bond donors (Lipinski definition) is 2. The highest BCUT2D eigenvalue weighted by molar-refractivity contribution is 6.42. The minimum Gasteiger partial charge on any atom is -0.477 e. The first-order valence-electron chi connectivity index (χ1n) is 7.38. The molecule has 0 radical (unpaired) electrons. The Morgan fingerprint density at radius 1 is 1.00 bits per heavy atom. The molecule has 7 heteroatoms. The van der Waals surface area contributed by atoms with E-state index in [0.29, 0.717) is 38.8 Å². The molecule has 0 spiro atoms. The van der Waals surface area contributed by atoms with Gasteiger partial charge in [0.05, 0.1) is 26.0 Å². The van der Waals surface area contributed by atoms with Crippen molar-refractivity contribution in [2.45, 2.75) is 12.8 Å². The molecule has 4 nitrogen and oxygen atoms in total. The average molecular weight is 397 g/mol. The van der Waals surface area contributed by atoms with E-state index < -0.39 is 11.4 Å². The Morgan fingerprint density at radius 3 is 2.40 bits per heavy atom. The molecular weight excluding hydrogens is 385 g/mol. The van der Waals surface area contributed by atoms with Crippen LogP contribution in [0.2, 0.25) is 15.1 Å². The van der Waals surface area contributed by atoms with Crippen molar-refractivity contribution >= 4 is 51.7 Å². The lowest BCUT2D eigenvalue weighted by molar-refractivity contribution is 0.0695. The van der Waals surface area contributed by atoms with Crippen molar-refractivity contribution in [1.29, 1.82) is 0 Å². The SMILES string of the molecule is O=C(O)c1c[nH]c2c(Cl)ccc(CCc3ccc(Cl)c(Cl)c3)c2c1=O. The number of carboxylic acids is 1. The molecule has 0 saturated heterocycles. The Hall–Kier alpha value is -2.01. The Balaban J connectivity index is 2.05. The molecule has 0 fully saturated rings. The van der Waals surface area contributed by atoms with Gasteiger partial charge in [0.15, 0.2) is 0 Å². The summed E-state index contributed by atoms with van der Waals surface area (Å²) in [5.74, 6) is -1.28. The topological polar surface area (TPSA) is 70.2 Å². The number of aromatic carboxylic acids is 1. The Bertz CT molecular complexity index is 1040. The molecule has 0 aliphatic carbocycles. The molecule has 0 saturated carbocycles. The first-order valence-corrected chi connectivity index (χ1v) is 8.52. The Labute approximate surface area is 158 Å². The van der Waals surface area contributed by atoms with Crippen LogP contribution >= 0.6 is 34.8 Å². The van der Waals surface area contributed by atoms with Gasteiger partial charge in [-0.2, -0.15) is 0 Å². The highest BCUT2D eigenvalue weighted by Gasteiger charge is 2.16. The first-order chi connectivity index (χ1) is 11.9. The van der Waals surface area contributed by atoms with Gasteiger partial charge in [-0.15, -0.1) is 0 Å². The number of benzene rings is 2. The van der Waals surface area contributed by atoms with E-state index in [-0.39, 0.29) is 5.56 Å². The zero-order chi connectivity index (χ0) is 18.1. The minimum absolute atomic E-state index is 0.299. The van der Waals surface area contributed by atoms with Crippen molar-refractivity contribution in [2.75, 3.05) is 0 Å². The van der Waals surface area contributed by atoms with Crippen molar-refractivity contribution in [1.82, 2.24) is 4.98 Å². The van der Waals surface area contributed by atoms with Gasteiger partial charge in [-0.1, -0.05) is 46.9 Å². The molecule has 3 rings (SSSR count). The van der Waals surface area contributed by atoms with E-state index in [0.717, 1.165) is 11.1 Å². The Kier molecular flexibility index (Phi) is 5.04. The Morgan fingerprint density at radius 2 is 1.72 bits per heavy atom. The van der Waals surface area contributed by atoms with Crippen LogP contribution in [-0.4, -0.2) is 16.1 Å². The number of aromatic amines is 1. The van der Waals surface area contributed by atoms with Crippen molar-refractivity contribution in [3.05, 3.63) is 78.5 Å². The largest absolute Gasteiger partial charge is 0.477 e. The second kappa shape index (κ2) is 7.08. The third kappa shape index (κ3) is 3.52. The standard InChI is InChI=1S/C18H12Cl3NO3/c19-12-5-2-9(7-14(12)21)1-3-10-4-6-13(20)16-15(10)17(23)11(8-22-16)18(24)25/h2,4-8H,1,3H2,(H,22,23)(H,24,25). The second-order valence-corrected chi connectivity index (χ2v) is 6.76. The second-order valence-electron chi connectivity index (χ2n) is 5.54. The van der Waals surface area contributed by atoms with Crippen LogP contribution in [0.5, 0.6) is 0 Å². The van der Waals surface area contributed by atoms with Crippen LogP contribution in [0.1, 0.15) is 21.5 Å². The van der Waals surface area contributed by atoms with Gasteiger partial charge in [-0.05, 0) is 42.2 Å². The van der Waals surface area contributed by atoms with E-state index in [9.17, 15) is 9.59 Å². The van der Waals surface area contributed by atoms with Crippen LogP contribution in [0.25, 0.3) is 10.9 Å². The fraction of sp³-hybridized carbons (Fsp3) is 0.111. The van der Waals surface area contributed by atoms with Crippen LogP contribution in [-0.2, 0) is 12.8 Å². The minimum atomic E-state index is -1.28. The fourth-order valence-corrected chi connectivity index (χ4v) is 3.24. The summed E-state index contributed by atoms with van der Waals surface area (Å²) >= 11 is 18.1. The summed E-state index contributed by atoms with van der Waals surface area (Å²) < 4.78 is 0. The molecule has 0 atom stereocenters. The van der Waals surface area contributed by atoms with Crippen LogP contribution in [0.4, 0.5) is 0 Å². The lowest BCUT2D eigenvalue weighted by atomic mass is 9.99. The third-order valence-electron chi connectivity index (χ3n) is 3.97. The third-order valence-corrected chi connectivity index (χ3v) is 5.02. The molecule has 1 heterocycles. The number of rotatable bonds is 4. The van der Waals surface area contributed by atoms with E-state index in [1.54, 1.807) is 24.3 Å². The molecular formula is C18H12Cl3NO3. The first kappa shape index (κ1) is 17.8. The number of aryl methyl sites for hydroxylation is 2. The monoisotopic (exact) mass is 395 g/mol. The van der Waals surface area contributed by atoms with Gasteiger partial charge in [-0.25, -0.2) is 4.79 Å². The average Bonchev–Trinajstić information content (AvgIpc) is 2.57. The maximum Gasteiger partial charge on any atom is 0.341 e. The fourth-order valence-electron chi connectivity index (χ4n) is 2.71. The number of carboxylic acid groups (broad SMARTS) is 1. The van der Waals surface area contributed by atoms with E-state index >= 15 is 0 Å². The van der Waals surface area contributed by atoms with Crippen LogP contribution < -0.4 is 5.43 Å². The molecule has 0 amide bonds. The smallest absolute Gasteiger partial charge is 0.341 e. The van der Waals surface area contributed by atoms with E-state index in [2.05, 4.69) is 4.98 Å². The number of pyridine rings is 1. The summed E-state index contributed by atoms with van der Waals surface area (Å²) in [6.07, 6.45) is 2.31. The molecule has 0 unspecified atom stereocenters. The molecule has 3 aromatic rings. The van der Waals surface area contributed by atoms with Gasteiger partial charge in [0.2, 0.25) is 5.43 Å². The molecule has 1 aromatic heterocycles. The zero-order valence-electron chi connectivity index (χ0n) is 12.8. The predicted octanol–water partition coefficient (Wildman–Crippen LogP) is 4.97.